The van der Waals surface area contributed by atoms with Crippen molar-refractivity contribution in [1.82, 2.24) is 0 Å². The number of carbonyl (C=O) groups is 2. The Hall–Kier alpha value is -0.940. The maximum atomic E-state index is 12.1. The molecule has 1 saturated carbocycles. The zero-order chi connectivity index (χ0) is 17.2. The summed E-state index contributed by atoms with van der Waals surface area (Å²) in [5.41, 5.74) is 0. The van der Waals surface area contributed by atoms with Crippen LogP contribution in [0.2, 0.25) is 0 Å². The molecule has 1 fully saturated rings. The van der Waals surface area contributed by atoms with Gasteiger partial charge in [0.2, 0.25) is 0 Å². The molecule has 5 nitrogen and oxygen atoms in total. The number of aliphatic carboxylic acids is 1. The zero-order valence-corrected chi connectivity index (χ0v) is 14.2. The van der Waals surface area contributed by atoms with Crippen molar-refractivity contribution >= 4 is 11.8 Å². The first-order valence-electron chi connectivity index (χ1n) is 9.06. The molecule has 1 aliphatic rings. The van der Waals surface area contributed by atoms with Crippen molar-refractivity contribution in [3.8, 4) is 0 Å². The first-order chi connectivity index (χ1) is 11.0. The molecule has 0 bridgehead atoms. The second-order valence-electron chi connectivity index (χ2n) is 6.87. The number of hydrogen-bond donors (Lipinski definition) is 3. The van der Waals surface area contributed by atoms with E-state index in [1.807, 2.05) is 0 Å². The number of ketones is 1. The van der Waals surface area contributed by atoms with Gasteiger partial charge in [0.15, 0.2) is 0 Å². The molecule has 0 amide bonds. The van der Waals surface area contributed by atoms with E-state index >= 15 is 0 Å². The van der Waals surface area contributed by atoms with Gasteiger partial charge in [-0.1, -0.05) is 32.6 Å². The molecular formula is C18H32O5. The van der Waals surface area contributed by atoms with Crippen LogP contribution >= 0.6 is 0 Å². The average molecular weight is 328 g/mol. The molecule has 1 aliphatic carbocycles. The third-order valence-electron chi connectivity index (χ3n) is 4.96. The number of Topliss-reactive ketones (excluding diaryl/α,β-unsaturated/α-hetero) is 1. The predicted molar refractivity (Wildman–Crippen MR) is 88.1 cm³/mol. The quantitative estimate of drug-likeness (QED) is 0.479. The highest BCUT2D eigenvalue weighted by Crippen LogP contribution is 2.36. The standard InChI is InChI=1S/C18H32O5/c1-2-3-4-7-13(19)10-11-15-14(16(20)12-17(15)21)8-5-6-9-18(22)23/h13-16,19-20H,2-12H2,1H3,(H,22,23)/t13-,14-,15-,16+/m1/s1. The molecular weight excluding hydrogens is 296 g/mol. The molecule has 0 aromatic rings. The minimum Gasteiger partial charge on any atom is -0.481 e. The fraction of sp³-hybridized carbons (Fsp3) is 0.889. The summed E-state index contributed by atoms with van der Waals surface area (Å²) in [5, 5.41) is 28.7. The van der Waals surface area contributed by atoms with Crippen LogP contribution < -0.4 is 0 Å². The fourth-order valence-electron chi connectivity index (χ4n) is 3.59. The lowest BCUT2D eigenvalue weighted by Gasteiger charge is -2.22. The van der Waals surface area contributed by atoms with Crippen LogP contribution in [0.1, 0.15) is 77.6 Å². The number of carboxylic acid groups (broad SMARTS) is 1. The van der Waals surface area contributed by atoms with Gasteiger partial charge < -0.3 is 15.3 Å². The van der Waals surface area contributed by atoms with Gasteiger partial charge in [0.25, 0.3) is 0 Å². The van der Waals surface area contributed by atoms with Crippen molar-refractivity contribution in [2.24, 2.45) is 11.8 Å². The van der Waals surface area contributed by atoms with Crippen LogP contribution in [0.15, 0.2) is 0 Å². The SMILES string of the molecule is CCCCC[C@@H](O)CC[C@H]1C(=O)C[C@H](O)[C@@H]1CCCCC(=O)O. The van der Waals surface area contributed by atoms with Crippen molar-refractivity contribution in [3.63, 3.8) is 0 Å². The average Bonchev–Trinajstić information content (AvgIpc) is 2.75. The molecule has 0 heterocycles. The van der Waals surface area contributed by atoms with Gasteiger partial charge in [0.1, 0.15) is 5.78 Å². The third kappa shape index (κ3) is 7.44. The Morgan fingerprint density at radius 3 is 2.57 bits per heavy atom. The van der Waals surface area contributed by atoms with E-state index in [1.165, 1.54) is 0 Å². The molecule has 3 N–H and O–H groups in total. The Kier molecular flexibility index (Phi) is 9.41. The lowest BCUT2D eigenvalue weighted by atomic mass is 9.85. The Morgan fingerprint density at radius 1 is 1.17 bits per heavy atom. The van der Waals surface area contributed by atoms with Crippen LogP contribution in [-0.4, -0.2) is 39.3 Å². The van der Waals surface area contributed by atoms with Crippen LogP contribution in [0.25, 0.3) is 0 Å². The minimum absolute atomic E-state index is 0.0702. The van der Waals surface area contributed by atoms with Crippen LogP contribution in [0.5, 0.6) is 0 Å². The molecule has 0 aliphatic heterocycles. The molecule has 4 atom stereocenters. The number of hydrogen-bond acceptors (Lipinski definition) is 4. The Morgan fingerprint density at radius 2 is 1.91 bits per heavy atom. The highest BCUT2D eigenvalue weighted by molar-refractivity contribution is 5.84. The molecule has 23 heavy (non-hydrogen) atoms. The van der Waals surface area contributed by atoms with Gasteiger partial charge in [-0.2, -0.15) is 0 Å². The van der Waals surface area contributed by atoms with E-state index in [1.54, 1.807) is 0 Å². The van der Waals surface area contributed by atoms with Gasteiger partial charge in [0, 0.05) is 18.8 Å². The number of unbranched alkanes of at least 4 members (excludes halogenated alkanes) is 3. The highest BCUT2D eigenvalue weighted by Gasteiger charge is 2.40. The summed E-state index contributed by atoms with van der Waals surface area (Å²) in [7, 11) is 0. The summed E-state index contributed by atoms with van der Waals surface area (Å²) in [6.07, 6.45) is 6.64. The summed E-state index contributed by atoms with van der Waals surface area (Å²) >= 11 is 0. The monoisotopic (exact) mass is 328 g/mol. The van der Waals surface area contributed by atoms with E-state index in [-0.39, 0.29) is 36.6 Å². The Labute approximate surface area is 139 Å². The third-order valence-corrected chi connectivity index (χ3v) is 4.96. The van der Waals surface area contributed by atoms with E-state index in [0.717, 1.165) is 32.1 Å². The highest BCUT2D eigenvalue weighted by atomic mass is 16.4. The summed E-state index contributed by atoms with van der Waals surface area (Å²) in [4.78, 5) is 22.6. The van der Waals surface area contributed by atoms with E-state index in [0.29, 0.717) is 25.7 Å². The molecule has 0 saturated heterocycles. The van der Waals surface area contributed by atoms with Gasteiger partial charge >= 0.3 is 5.97 Å². The molecule has 0 unspecified atom stereocenters. The Balaban J connectivity index is 2.37. The summed E-state index contributed by atoms with van der Waals surface area (Å²) in [6, 6.07) is 0. The molecule has 0 aromatic carbocycles. The number of aliphatic hydroxyl groups excluding tert-OH is 2. The number of carboxylic acids is 1. The van der Waals surface area contributed by atoms with E-state index in [4.69, 9.17) is 5.11 Å². The fourth-order valence-corrected chi connectivity index (χ4v) is 3.59. The van der Waals surface area contributed by atoms with Crippen molar-refractivity contribution in [2.45, 2.75) is 89.8 Å². The normalized spacial score (nSPS) is 25.7. The topological polar surface area (TPSA) is 94.8 Å². The van der Waals surface area contributed by atoms with Crippen LogP contribution in [-0.2, 0) is 9.59 Å². The zero-order valence-electron chi connectivity index (χ0n) is 14.2. The van der Waals surface area contributed by atoms with E-state index in [2.05, 4.69) is 6.92 Å². The van der Waals surface area contributed by atoms with Gasteiger partial charge in [-0.15, -0.1) is 0 Å². The number of aliphatic hydroxyl groups is 2. The molecule has 1 rings (SSSR count). The largest absolute Gasteiger partial charge is 0.481 e. The van der Waals surface area contributed by atoms with Crippen molar-refractivity contribution in [2.75, 3.05) is 0 Å². The molecule has 5 heteroatoms. The molecule has 0 radical (unpaired) electrons. The van der Waals surface area contributed by atoms with Gasteiger partial charge in [-0.25, -0.2) is 0 Å². The van der Waals surface area contributed by atoms with Crippen LogP contribution in [0.3, 0.4) is 0 Å². The maximum Gasteiger partial charge on any atom is 0.303 e. The summed E-state index contributed by atoms with van der Waals surface area (Å²) < 4.78 is 0. The second-order valence-corrected chi connectivity index (χ2v) is 6.87. The van der Waals surface area contributed by atoms with Gasteiger partial charge in [-0.3, -0.25) is 9.59 Å². The smallest absolute Gasteiger partial charge is 0.303 e. The summed E-state index contributed by atoms with van der Waals surface area (Å²) in [6.45, 7) is 2.12. The first-order valence-corrected chi connectivity index (χ1v) is 9.06. The number of carbonyl (C=O) groups excluding carboxylic acids is 1. The maximum absolute atomic E-state index is 12.1. The predicted octanol–water partition coefficient (Wildman–Crippen LogP) is 2.92. The van der Waals surface area contributed by atoms with Crippen LogP contribution in [0, 0.1) is 11.8 Å². The molecule has 0 spiro atoms. The van der Waals surface area contributed by atoms with E-state index < -0.39 is 12.1 Å². The first kappa shape index (κ1) is 20.1. The van der Waals surface area contributed by atoms with Gasteiger partial charge in [0.05, 0.1) is 12.2 Å². The Bertz CT molecular complexity index is 368. The molecule has 134 valence electrons. The number of rotatable bonds is 12. The van der Waals surface area contributed by atoms with Crippen LogP contribution in [0.4, 0.5) is 0 Å². The van der Waals surface area contributed by atoms with Crippen molar-refractivity contribution in [3.05, 3.63) is 0 Å². The summed E-state index contributed by atoms with van der Waals surface area (Å²) in [5.74, 6) is -0.948. The lowest BCUT2D eigenvalue weighted by Crippen LogP contribution is -2.22. The van der Waals surface area contributed by atoms with Crippen molar-refractivity contribution in [1.29, 1.82) is 0 Å². The second kappa shape index (κ2) is 10.8. The molecule has 0 aromatic heterocycles. The lowest BCUT2D eigenvalue weighted by molar-refractivity contribution is -0.137. The minimum atomic E-state index is -0.806. The van der Waals surface area contributed by atoms with E-state index in [9.17, 15) is 19.8 Å². The van der Waals surface area contributed by atoms with Gasteiger partial charge in [-0.05, 0) is 38.0 Å². The van der Waals surface area contributed by atoms with Crippen molar-refractivity contribution < 1.29 is 24.9 Å².